The number of rotatable bonds is 4. The standard InChI is InChI=1S/C28H34F2O7S/c1-5-22(33)37-28(24(38)36-20-6-9-35-23(20)34)14(2)10-16-17-13-19(29)18-11-15(31)12-21(32)26(18,4)27(17,30)8-7-25(16,28)3/h11-12,14,16-17,19-20,32H,5-10,13H2,1-4H3/t14-,16+,17+,19+,20+,25+,26-,27-,28+/m1/s1. The van der Waals surface area contributed by atoms with Crippen LogP contribution < -0.4 is 0 Å². The van der Waals surface area contributed by atoms with E-state index in [4.69, 9.17) is 26.4 Å². The number of fused-ring (bicyclic) bond motifs is 5. The number of aliphatic hydroxyl groups is 1. The van der Waals surface area contributed by atoms with Crippen molar-refractivity contribution in [3.8, 4) is 0 Å². The van der Waals surface area contributed by atoms with E-state index in [9.17, 15) is 19.5 Å². The SMILES string of the molecule is CCC(=O)O[C@]1(C(=S)O[C@H]2CCOC2=O)[C@H](C)C[C@H]2[C@@H]3C[C@H](F)C4=CC(=O)C=C(O)[C@]4(C)[C@@]3(F)CC[C@@]21C. The molecule has 0 aromatic carbocycles. The Bertz CT molecular complexity index is 1170. The van der Waals surface area contributed by atoms with Gasteiger partial charge in [-0.25, -0.2) is 13.6 Å². The number of ketones is 1. The molecule has 5 aliphatic rings. The number of carbonyl (C=O) groups is 3. The second kappa shape index (κ2) is 8.83. The third kappa shape index (κ3) is 3.34. The van der Waals surface area contributed by atoms with Gasteiger partial charge in [0.25, 0.3) is 0 Å². The van der Waals surface area contributed by atoms with Gasteiger partial charge in [0.1, 0.15) is 17.6 Å². The summed E-state index contributed by atoms with van der Waals surface area (Å²) in [5, 5.41) is 10.8. The molecule has 0 amide bonds. The molecule has 0 aromatic rings. The molecule has 208 valence electrons. The number of hydrogen-bond acceptors (Lipinski definition) is 8. The fraction of sp³-hybridized carbons (Fsp3) is 0.714. The number of esters is 2. The first-order valence-corrected chi connectivity index (χ1v) is 13.8. The minimum absolute atomic E-state index is 0.0295. The van der Waals surface area contributed by atoms with Crippen LogP contribution in [-0.2, 0) is 28.6 Å². The Kier molecular flexibility index (Phi) is 6.32. The smallest absolute Gasteiger partial charge is 0.347 e. The van der Waals surface area contributed by atoms with Crippen molar-refractivity contribution in [1.82, 2.24) is 0 Å². The van der Waals surface area contributed by atoms with Crippen LogP contribution in [0.5, 0.6) is 0 Å². The van der Waals surface area contributed by atoms with Gasteiger partial charge < -0.3 is 19.3 Å². The monoisotopic (exact) mass is 552 g/mol. The minimum atomic E-state index is -2.05. The van der Waals surface area contributed by atoms with Gasteiger partial charge in [0.15, 0.2) is 17.5 Å². The lowest BCUT2D eigenvalue weighted by atomic mass is 9.45. The highest BCUT2D eigenvalue weighted by atomic mass is 32.1. The average molecular weight is 553 g/mol. The van der Waals surface area contributed by atoms with Gasteiger partial charge in [0.2, 0.25) is 5.05 Å². The van der Waals surface area contributed by atoms with Gasteiger partial charge >= 0.3 is 11.9 Å². The van der Waals surface area contributed by atoms with E-state index in [2.05, 4.69) is 0 Å². The maximum atomic E-state index is 17.4. The largest absolute Gasteiger partial charge is 0.511 e. The number of ether oxygens (including phenoxy) is 3. The van der Waals surface area contributed by atoms with Crippen LogP contribution in [0.4, 0.5) is 8.78 Å². The van der Waals surface area contributed by atoms with E-state index < -0.39 is 75.6 Å². The van der Waals surface area contributed by atoms with Gasteiger partial charge in [-0.15, -0.1) is 0 Å². The summed E-state index contributed by atoms with van der Waals surface area (Å²) in [4.78, 5) is 37.1. The topological polar surface area (TPSA) is 99.1 Å². The number of cyclic esters (lactones) is 1. The third-order valence-electron chi connectivity index (χ3n) is 10.3. The number of carbonyl (C=O) groups excluding carboxylic acids is 3. The molecule has 9 atom stereocenters. The Morgan fingerprint density at radius 1 is 1.21 bits per heavy atom. The zero-order valence-electron chi connectivity index (χ0n) is 22.1. The van der Waals surface area contributed by atoms with E-state index in [0.717, 1.165) is 12.2 Å². The van der Waals surface area contributed by atoms with Gasteiger partial charge in [0.05, 0.1) is 12.0 Å². The van der Waals surface area contributed by atoms with Crippen LogP contribution >= 0.6 is 12.2 Å². The highest BCUT2D eigenvalue weighted by Gasteiger charge is 2.76. The maximum Gasteiger partial charge on any atom is 0.347 e. The summed E-state index contributed by atoms with van der Waals surface area (Å²) in [6, 6.07) is 0. The lowest BCUT2D eigenvalue weighted by Crippen LogP contribution is -2.66. The second-order valence-electron chi connectivity index (χ2n) is 11.9. The molecule has 38 heavy (non-hydrogen) atoms. The molecule has 4 aliphatic carbocycles. The molecular formula is C28H34F2O7S. The molecule has 10 heteroatoms. The lowest BCUT2D eigenvalue weighted by molar-refractivity contribution is -0.191. The van der Waals surface area contributed by atoms with Crippen LogP contribution in [0.1, 0.15) is 66.2 Å². The zero-order chi connectivity index (χ0) is 27.8. The summed E-state index contributed by atoms with van der Waals surface area (Å²) in [5.74, 6) is -3.84. The Balaban J connectivity index is 1.59. The van der Waals surface area contributed by atoms with Gasteiger partial charge in [-0.05, 0) is 62.4 Å². The van der Waals surface area contributed by atoms with Crippen molar-refractivity contribution in [3.05, 3.63) is 23.5 Å². The summed E-state index contributed by atoms with van der Waals surface area (Å²) in [5.41, 5.74) is -6.15. The van der Waals surface area contributed by atoms with Crippen molar-refractivity contribution < 1.29 is 42.5 Å². The van der Waals surface area contributed by atoms with Gasteiger partial charge in [-0.1, -0.05) is 20.8 Å². The van der Waals surface area contributed by atoms with Crippen molar-refractivity contribution in [2.45, 2.75) is 89.8 Å². The van der Waals surface area contributed by atoms with Gasteiger partial charge in [-0.2, -0.15) is 0 Å². The first-order chi connectivity index (χ1) is 17.8. The van der Waals surface area contributed by atoms with E-state index in [1.54, 1.807) is 6.92 Å². The minimum Gasteiger partial charge on any atom is -0.511 e. The summed E-state index contributed by atoms with van der Waals surface area (Å²) >= 11 is 5.77. The molecule has 1 N–H and O–H groups in total. The second-order valence-corrected chi connectivity index (χ2v) is 12.3. The summed E-state index contributed by atoms with van der Waals surface area (Å²) in [6.45, 7) is 7.06. The molecular weight excluding hydrogens is 518 g/mol. The van der Waals surface area contributed by atoms with Crippen molar-refractivity contribution >= 4 is 35.0 Å². The summed E-state index contributed by atoms with van der Waals surface area (Å²) in [6.07, 6.45) is 0.238. The number of alkyl halides is 2. The first-order valence-electron chi connectivity index (χ1n) is 13.4. The predicted octanol–water partition coefficient (Wildman–Crippen LogP) is 4.82. The van der Waals surface area contributed by atoms with Crippen LogP contribution in [0, 0.1) is 28.6 Å². The fourth-order valence-electron chi connectivity index (χ4n) is 8.26. The molecule has 0 spiro atoms. The zero-order valence-corrected chi connectivity index (χ0v) is 22.9. The first kappa shape index (κ1) is 27.2. The van der Waals surface area contributed by atoms with E-state index in [0.29, 0.717) is 12.8 Å². The molecule has 1 saturated heterocycles. The highest BCUT2D eigenvalue weighted by molar-refractivity contribution is 7.80. The van der Waals surface area contributed by atoms with Crippen LogP contribution in [0.15, 0.2) is 23.5 Å². The Morgan fingerprint density at radius 3 is 2.55 bits per heavy atom. The highest BCUT2D eigenvalue weighted by Crippen LogP contribution is 2.72. The van der Waals surface area contributed by atoms with E-state index >= 15 is 8.78 Å². The molecule has 0 aromatic heterocycles. The summed E-state index contributed by atoms with van der Waals surface area (Å²) < 4.78 is 50.3. The van der Waals surface area contributed by atoms with Crippen molar-refractivity contribution in [2.75, 3.05) is 6.61 Å². The predicted molar refractivity (Wildman–Crippen MR) is 136 cm³/mol. The van der Waals surface area contributed by atoms with Crippen molar-refractivity contribution in [3.63, 3.8) is 0 Å². The molecule has 0 unspecified atom stereocenters. The van der Waals surface area contributed by atoms with Crippen molar-refractivity contribution in [1.29, 1.82) is 0 Å². The molecule has 5 rings (SSSR count). The van der Waals surface area contributed by atoms with Crippen LogP contribution in [0.25, 0.3) is 0 Å². The third-order valence-corrected chi connectivity index (χ3v) is 10.7. The Labute approximate surface area is 225 Å². The molecule has 0 radical (unpaired) electrons. The van der Waals surface area contributed by atoms with Crippen molar-refractivity contribution in [2.24, 2.45) is 28.6 Å². The normalized spacial score (nSPS) is 45.7. The molecule has 1 aliphatic heterocycles. The maximum absolute atomic E-state index is 17.4. The molecule has 4 fully saturated rings. The quantitative estimate of drug-likeness (QED) is 0.392. The average Bonchev–Trinajstić information content (AvgIpc) is 3.36. The number of allylic oxidation sites excluding steroid dienone is 3. The van der Waals surface area contributed by atoms with Gasteiger partial charge in [0, 0.05) is 36.2 Å². The molecule has 3 saturated carbocycles. The number of halogens is 2. The van der Waals surface area contributed by atoms with Crippen LogP contribution in [-0.4, -0.2) is 58.0 Å². The van der Waals surface area contributed by atoms with E-state index in [1.165, 1.54) is 6.92 Å². The Morgan fingerprint density at radius 2 is 1.92 bits per heavy atom. The van der Waals surface area contributed by atoms with Gasteiger partial charge in [-0.3, -0.25) is 9.59 Å². The number of aliphatic hydroxyl groups excluding tert-OH is 1. The number of hydrogen-bond donors (Lipinski definition) is 1. The number of thiocarbonyl (C=S) groups is 1. The summed E-state index contributed by atoms with van der Waals surface area (Å²) in [7, 11) is 0. The molecule has 1 heterocycles. The lowest BCUT2D eigenvalue weighted by Gasteiger charge is -2.62. The van der Waals surface area contributed by atoms with E-state index in [1.807, 2.05) is 13.8 Å². The van der Waals surface area contributed by atoms with E-state index in [-0.39, 0.29) is 42.9 Å². The Hall–Kier alpha value is -2.36. The van der Waals surface area contributed by atoms with Crippen LogP contribution in [0.3, 0.4) is 0 Å². The molecule has 7 nitrogen and oxygen atoms in total. The molecule has 0 bridgehead atoms. The fourth-order valence-corrected chi connectivity index (χ4v) is 8.85. The van der Waals surface area contributed by atoms with Crippen LogP contribution in [0.2, 0.25) is 0 Å².